The third-order valence-corrected chi connectivity index (χ3v) is 4.77. The zero-order valence-electron chi connectivity index (χ0n) is 17.2. The molecule has 0 unspecified atom stereocenters. The van der Waals surface area contributed by atoms with Crippen molar-refractivity contribution in [2.24, 2.45) is 5.92 Å². The van der Waals surface area contributed by atoms with Gasteiger partial charge in [-0.15, -0.1) is 0 Å². The second-order valence-electron chi connectivity index (χ2n) is 7.14. The predicted octanol–water partition coefficient (Wildman–Crippen LogP) is 2.87. The van der Waals surface area contributed by atoms with Crippen LogP contribution in [0.15, 0.2) is 41.2 Å². The van der Waals surface area contributed by atoms with E-state index in [1.54, 1.807) is 11.6 Å². The minimum absolute atomic E-state index is 0.206. The Morgan fingerprint density at radius 1 is 1.21 bits per heavy atom. The molecule has 1 aromatic heterocycles. The number of aryl methyl sites for hydroxylation is 1. The molecule has 1 heterocycles. The van der Waals surface area contributed by atoms with E-state index in [1.165, 1.54) is 25.3 Å². The number of nitrogens with zero attached hydrogens (tertiary/aromatic N) is 2. The van der Waals surface area contributed by atoms with Gasteiger partial charge in [0.15, 0.2) is 10.8 Å². The van der Waals surface area contributed by atoms with Crippen LogP contribution < -0.4 is 21.6 Å². The summed E-state index contributed by atoms with van der Waals surface area (Å²) in [6, 6.07) is 10.7. The standard InChI is InChI=1S/C21H29N5O2S/c1-4-5-7-10-15(2)14-22-21(29)24-23-20(28)19-18(27)13-16(3)26(25-19)17-11-8-6-9-12-17/h6,8-9,11-13,15H,4-5,7,10,14H2,1-3H3,(H,23,28)(H2,22,24,29)/t15-/m1/s1. The molecule has 0 aliphatic carbocycles. The van der Waals surface area contributed by atoms with Crippen molar-refractivity contribution in [2.75, 3.05) is 6.54 Å². The number of unbranched alkanes of at least 4 members (excludes halogenated alkanes) is 2. The van der Waals surface area contributed by atoms with Gasteiger partial charge in [0.1, 0.15) is 0 Å². The quantitative estimate of drug-likeness (QED) is 0.349. The number of hydrazine groups is 1. The molecule has 3 N–H and O–H groups in total. The molecule has 0 aliphatic rings. The fraction of sp³-hybridized carbons (Fsp3) is 0.429. The van der Waals surface area contributed by atoms with Gasteiger partial charge >= 0.3 is 0 Å². The van der Waals surface area contributed by atoms with Crippen LogP contribution >= 0.6 is 12.2 Å². The van der Waals surface area contributed by atoms with Crippen LogP contribution in [-0.2, 0) is 0 Å². The molecule has 2 aromatic rings. The second kappa shape index (κ2) is 11.3. The average Bonchev–Trinajstić information content (AvgIpc) is 2.71. The van der Waals surface area contributed by atoms with Crippen LogP contribution in [-0.4, -0.2) is 27.3 Å². The summed E-state index contributed by atoms with van der Waals surface area (Å²) in [5.74, 6) is -0.159. The number of hydrogen-bond acceptors (Lipinski definition) is 4. The Labute approximate surface area is 176 Å². The number of aromatic nitrogens is 2. The average molecular weight is 416 g/mol. The van der Waals surface area contributed by atoms with Crippen LogP contribution in [0, 0.1) is 12.8 Å². The van der Waals surface area contributed by atoms with Gasteiger partial charge in [0.25, 0.3) is 5.91 Å². The van der Waals surface area contributed by atoms with Crippen LogP contribution in [0.25, 0.3) is 5.69 Å². The highest BCUT2D eigenvalue weighted by molar-refractivity contribution is 7.80. The topological polar surface area (TPSA) is 88.0 Å². The Kier molecular flexibility index (Phi) is 8.79. The van der Waals surface area contributed by atoms with Crippen molar-refractivity contribution >= 4 is 23.2 Å². The van der Waals surface area contributed by atoms with Gasteiger partial charge in [-0.3, -0.25) is 20.4 Å². The molecule has 0 saturated heterocycles. The lowest BCUT2D eigenvalue weighted by Gasteiger charge is -2.15. The molecule has 0 saturated carbocycles. The van der Waals surface area contributed by atoms with Gasteiger partial charge in [-0.25, -0.2) is 4.68 Å². The summed E-state index contributed by atoms with van der Waals surface area (Å²) in [7, 11) is 0. The van der Waals surface area contributed by atoms with Crippen molar-refractivity contribution in [3.8, 4) is 5.69 Å². The number of rotatable bonds is 8. The number of amides is 1. The lowest BCUT2D eigenvalue weighted by Crippen LogP contribution is -2.48. The van der Waals surface area contributed by atoms with Crippen molar-refractivity contribution in [2.45, 2.75) is 46.5 Å². The molecule has 0 bridgehead atoms. The van der Waals surface area contributed by atoms with Crippen LogP contribution in [0.2, 0.25) is 0 Å². The summed E-state index contributed by atoms with van der Waals surface area (Å²) in [5.41, 5.74) is 5.83. The summed E-state index contributed by atoms with van der Waals surface area (Å²) in [6.45, 7) is 6.82. The fourth-order valence-electron chi connectivity index (χ4n) is 2.86. The Morgan fingerprint density at radius 3 is 2.62 bits per heavy atom. The Bertz CT molecular complexity index is 882. The van der Waals surface area contributed by atoms with E-state index in [1.807, 2.05) is 30.3 Å². The summed E-state index contributed by atoms with van der Waals surface area (Å²) in [5, 5.41) is 7.61. The van der Waals surface area contributed by atoms with E-state index in [9.17, 15) is 9.59 Å². The first-order valence-corrected chi connectivity index (χ1v) is 10.3. The first-order chi connectivity index (χ1) is 13.9. The minimum atomic E-state index is -0.639. The fourth-order valence-corrected chi connectivity index (χ4v) is 3.00. The number of nitrogens with one attached hydrogen (secondary N) is 3. The van der Waals surface area contributed by atoms with Crippen LogP contribution in [0.1, 0.15) is 55.7 Å². The lowest BCUT2D eigenvalue weighted by atomic mass is 10.0. The molecule has 1 atom stereocenters. The molecule has 0 radical (unpaired) electrons. The van der Waals surface area contributed by atoms with E-state index in [0.29, 0.717) is 16.7 Å². The van der Waals surface area contributed by atoms with Gasteiger partial charge in [-0.05, 0) is 43.6 Å². The monoisotopic (exact) mass is 415 g/mol. The molecule has 7 nitrogen and oxygen atoms in total. The second-order valence-corrected chi connectivity index (χ2v) is 7.54. The first-order valence-electron chi connectivity index (χ1n) is 9.93. The van der Waals surface area contributed by atoms with Gasteiger partial charge in [0.05, 0.1) is 5.69 Å². The number of hydrogen-bond donors (Lipinski definition) is 3. The van der Waals surface area contributed by atoms with Gasteiger partial charge in [-0.1, -0.05) is 51.3 Å². The Morgan fingerprint density at radius 2 is 1.93 bits per heavy atom. The van der Waals surface area contributed by atoms with E-state index in [4.69, 9.17) is 12.2 Å². The highest BCUT2D eigenvalue weighted by Crippen LogP contribution is 2.08. The van der Waals surface area contributed by atoms with Gasteiger partial charge in [0, 0.05) is 18.3 Å². The smallest absolute Gasteiger partial charge is 0.294 e. The molecule has 0 spiro atoms. The normalized spacial score (nSPS) is 11.6. The van der Waals surface area contributed by atoms with Gasteiger partial charge in [0.2, 0.25) is 5.43 Å². The molecule has 0 aliphatic heterocycles. The van der Waals surface area contributed by atoms with Crippen LogP contribution in [0.4, 0.5) is 0 Å². The van der Waals surface area contributed by atoms with Crippen LogP contribution in [0.5, 0.6) is 0 Å². The van der Waals surface area contributed by atoms with E-state index in [-0.39, 0.29) is 5.69 Å². The molecule has 156 valence electrons. The zero-order valence-corrected chi connectivity index (χ0v) is 18.0. The molecule has 0 fully saturated rings. The van der Waals surface area contributed by atoms with E-state index in [2.05, 4.69) is 35.1 Å². The van der Waals surface area contributed by atoms with E-state index < -0.39 is 11.3 Å². The molecule has 1 amide bonds. The summed E-state index contributed by atoms with van der Waals surface area (Å²) >= 11 is 5.19. The molecule has 1 aromatic carbocycles. The molecular weight excluding hydrogens is 386 g/mol. The van der Waals surface area contributed by atoms with Crippen molar-refractivity contribution in [1.82, 2.24) is 25.9 Å². The molecule has 2 rings (SSSR count). The van der Waals surface area contributed by atoms with Crippen molar-refractivity contribution in [1.29, 1.82) is 0 Å². The molecular formula is C21H29N5O2S. The van der Waals surface area contributed by atoms with E-state index in [0.717, 1.165) is 18.7 Å². The van der Waals surface area contributed by atoms with Gasteiger partial charge in [-0.2, -0.15) is 5.10 Å². The third-order valence-electron chi connectivity index (χ3n) is 4.52. The molecule has 29 heavy (non-hydrogen) atoms. The highest BCUT2D eigenvalue weighted by Gasteiger charge is 2.15. The van der Waals surface area contributed by atoms with Gasteiger partial charge < -0.3 is 5.32 Å². The number of benzene rings is 1. The van der Waals surface area contributed by atoms with Crippen LogP contribution in [0.3, 0.4) is 0 Å². The maximum absolute atomic E-state index is 12.4. The number of thiocarbonyl (C=S) groups is 1. The lowest BCUT2D eigenvalue weighted by molar-refractivity contribution is 0.0935. The first kappa shape index (κ1) is 22.5. The summed E-state index contributed by atoms with van der Waals surface area (Å²) in [6.07, 6.45) is 4.75. The van der Waals surface area contributed by atoms with Crippen molar-refractivity contribution < 1.29 is 4.79 Å². The minimum Gasteiger partial charge on any atom is -0.361 e. The van der Waals surface area contributed by atoms with E-state index >= 15 is 0 Å². The molecule has 8 heteroatoms. The van der Waals surface area contributed by atoms with Crippen molar-refractivity contribution in [3.63, 3.8) is 0 Å². The Hall–Kier alpha value is -2.74. The SMILES string of the molecule is CCCCC[C@@H](C)CNC(=S)NNC(=O)c1nn(-c2ccccc2)c(C)cc1=O. The highest BCUT2D eigenvalue weighted by atomic mass is 32.1. The number of carbonyl (C=O) groups is 1. The largest absolute Gasteiger partial charge is 0.361 e. The maximum Gasteiger partial charge on any atom is 0.294 e. The zero-order chi connectivity index (χ0) is 21.2. The summed E-state index contributed by atoms with van der Waals surface area (Å²) in [4.78, 5) is 24.7. The predicted molar refractivity (Wildman–Crippen MR) is 119 cm³/mol. The third kappa shape index (κ3) is 6.98. The van der Waals surface area contributed by atoms with Crippen molar-refractivity contribution in [3.05, 3.63) is 58.0 Å². The summed E-state index contributed by atoms with van der Waals surface area (Å²) < 4.78 is 1.56. The Balaban J connectivity index is 1.94. The number of carbonyl (C=O) groups excluding carboxylic acids is 1. The number of para-hydroxylation sites is 1. The maximum atomic E-state index is 12.4.